The van der Waals surface area contributed by atoms with Crippen molar-refractivity contribution in [1.29, 1.82) is 0 Å². The van der Waals surface area contributed by atoms with Crippen molar-refractivity contribution in [3.63, 3.8) is 0 Å². The normalized spacial score (nSPS) is 15.6. The number of aromatic nitrogens is 1. The first-order chi connectivity index (χ1) is 17.8. The summed E-state index contributed by atoms with van der Waals surface area (Å²) in [6.45, 7) is 3.91. The highest BCUT2D eigenvalue weighted by molar-refractivity contribution is 8.19. The molecule has 0 saturated carbocycles. The second-order valence-electron chi connectivity index (χ2n) is 8.45. The molecule has 184 valence electrons. The second kappa shape index (κ2) is 10.1. The predicted molar refractivity (Wildman–Crippen MR) is 150 cm³/mol. The number of hydrogen-bond acceptors (Lipinski definition) is 4. The molecule has 1 amide bonds. The average molecular weight is 528 g/mol. The Morgan fingerprint density at radius 2 is 1.62 bits per heavy atom. The standard InChI is InChI=1S/C29H22ClN3O3S/c1-18-15-20(19(2)32(18)23-13-14-24(28(35)36)25(30)17-23)16-26-27(34)33(22-11-7-4-8-12-22)29(37-26)31-21-9-5-3-6-10-21/h3-17H,1-2H3,(H,35,36)/b26-16-,31-29?. The third kappa shape index (κ3) is 4.83. The Bertz CT molecular complexity index is 1580. The van der Waals surface area contributed by atoms with Crippen molar-refractivity contribution in [2.45, 2.75) is 13.8 Å². The molecular weight excluding hydrogens is 506 g/mol. The van der Waals surface area contributed by atoms with Gasteiger partial charge in [-0.2, -0.15) is 0 Å². The summed E-state index contributed by atoms with van der Waals surface area (Å²) in [5.41, 5.74) is 5.01. The lowest BCUT2D eigenvalue weighted by molar-refractivity contribution is -0.113. The molecule has 0 unspecified atom stereocenters. The fourth-order valence-electron chi connectivity index (χ4n) is 4.26. The third-order valence-corrected chi connectivity index (χ3v) is 7.28. The molecule has 0 atom stereocenters. The van der Waals surface area contributed by atoms with E-state index in [1.807, 2.05) is 91.2 Å². The van der Waals surface area contributed by atoms with Gasteiger partial charge in [-0.1, -0.05) is 48.0 Å². The molecule has 4 aromatic rings. The van der Waals surface area contributed by atoms with Crippen LogP contribution in [-0.2, 0) is 4.79 Å². The number of benzene rings is 3. The quantitative estimate of drug-likeness (QED) is 0.277. The van der Waals surface area contributed by atoms with E-state index in [2.05, 4.69) is 0 Å². The summed E-state index contributed by atoms with van der Waals surface area (Å²) in [4.78, 5) is 31.9. The number of nitrogens with zero attached hydrogens (tertiary/aromatic N) is 3. The summed E-state index contributed by atoms with van der Waals surface area (Å²) in [6, 6.07) is 25.9. The first-order valence-electron chi connectivity index (χ1n) is 11.5. The number of para-hydroxylation sites is 2. The molecule has 0 aliphatic carbocycles. The van der Waals surface area contributed by atoms with Gasteiger partial charge in [0.2, 0.25) is 0 Å². The van der Waals surface area contributed by atoms with Crippen molar-refractivity contribution < 1.29 is 14.7 Å². The van der Waals surface area contributed by atoms with E-state index in [1.165, 1.54) is 17.8 Å². The topological polar surface area (TPSA) is 74.9 Å². The van der Waals surface area contributed by atoms with E-state index in [0.29, 0.717) is 10.1 Å². The van der Waals surface area contributed by atoms with Crippen LogP contribution in [0.4, 0.5) is 11.4 Å². The van der Waals surface area contributed by atoms with Crippen molar-refractivity contribution in [1.82, 2.24) is 4.57 Å². The van der Waals surface area contributed by atoms with Crippen LogP contribution in [0, 0.1) is 13.8 Å². The molecule has 8 heteroatoms. The number of rotatable bonds is 5. The minimum Gasteiger partial charge on any atom is -0.478 e. The lowest BCUT2D eigenvalue weighted by Crippen LogP contribution is -2.28. The molecule has 1 aromatic heterocycles. The first kappa shape index (κ1) is 24.6. The molecule has 0 bridgehead atoms. The smallest absolute Gasteiger partial charge is 0.337 e. The van der Waals surface area contributed by atoms with Gasteiger partial charge in [-0.25, -0.2) is 9.79 Å². The molecule has 1 fully saturated rings. The van der Waals surface area contributed by atoms with Crippen LogP contribution in [0.15, 0.2) is 94.8 Å². The van der Waals surface area contributed by atoms with Gasteiger partial charge in [0.1, 0.15) is 0 Å². The van der Waals surface area contributed by atoms with Gasteiger partial charge in [0.15, 0.2) is 5.17 Å². The highest BCUT2D eigenvalue weighted by atomic mass is 35.5. The molecular formula is C29H22ClN3O3S. The number of thioether (sulfide) groups is 1. The summed E-state index contributed by atoms with van der Waals surface area (Å²) in [5, 5.41) is 10.0. The molecule has 5 rings (SSSR count). The summed E-state index contributed by atoms with van der Waals surface area (Å²) < 4.78 is 1.99. The van der Waals surface area contributed by atoms with Gasteiger partial charge < -0.3 is 9.67 Å². The van der Waals surface area contributed by atoms with Gasteiger partial charge in [-0.15, -0.1) is 0 Å². The molecule has 1 N–H and O–H groups in total. The van der Waals surface area contributed by atoms with Crippen molar-refractivity contribution in [2.24, 2.45) is 4.99 Å². The summed E-state index contributed by atoms with van der Waals surface area (Å²) in [6.07, 6.45) is 1.88. The van der Waals surface area contributed by atoms with Gasteiger partial charge in [-0.05, 0) is 85.8 Å². The average Bonchev–Trinajstić information content (AvgIpc) is 3.34. The van der Waals surface area contributed by atoms with E-state index in [4.69, 9.17) is 16.6 Å². The lowest BCUT2D eigenvalue weighted by atomic mass is 10.2. The zero-order chi connectivity index (χ0) is 26.1. The highest BCUT2D eigenvalue weighted by Crippen LogP contribution is 2.38. The van der Waals surface area contributed by atoms with Crippen LogP contribution in [0.2, 0.25) is 5.02 Å². The molecule has 1 aliphatic rings. The van der Waals surface area contributed by atoms with Crippen LogP contribution in [0.1, 0.15) is 27.3 Å². The molecule has 2 heterocycles. The van der Waals surface area contributed by atoms with Gasteiger partial charge >= 0.3 is 5.97 Å². The number of aromatic carboxylic acids is 1. The minimum absolute atomic E-state index is 0.0504. The number of hydrogen-bond donors (Lipinski definition) is 1. The van der Waals surface area contributed by atoms with Crippen molar-refractivity contribution in [2.75, 3.05) is 4.90 Å². The first-order valence-corrected chi connectivity index (χ1v) is 12.7. The van der Waals surface area contributed by atoms with Crippen LogP contribution in [0.5, 0.6) is 0 Å². The molecule has 3 aromatic carbocycles. The molecule has 0 spiro atoms. The fourth-order valence-corrected chi connectivity index (χ4v) is 5.50. The van der Waals surface area contributed by atoms with E-state index in [-0.39, 0.29) is 16.5 Å². The SMILES string of the molecule is Cc1cc(/C=C2\SC(=Nc3ccccc3)N(c3ccccc3)C2=O)c(C)n1-c1ccc(C(=O)O)c(Cl)c1. The van der Waals surface area contributed by atoms with Crippen LogP contribution in [0.3, 0.4) is 0 Å². The van der Waals surface area contributed by atoms with Gasteiger partial charge in [0.05, 0.1) is 26.9 Å². The second-order valence-corrected chi connectivity index (χ2v) is 9.86. The van der Waals surface area contributed by atoms with Crippen LogP contribution in [0.25, 0.3) is 11.8 Å². The number of carbonyl (C=O) groups is 2. The largest absolute Gasteiger partial charge is 0.478 e. The number of carbonyl (C=O) groups excluding carboxylic acids is 1. The maximum atomic E-state index is 13.6. The fraction of sp³-hybridized carbons (Fsp3) is 0.0690. The van der Waals surface area contributed by atoms with E-state index in [1.54, 1.807) is 17.0 Å². The number of amides is 1. The maximum absolute atomic E-state index is 13.6. The monoisotopic (exact) mass is 527 g/mol. The van der Waals surface area contributed by atoms with Crippen molar-refractivity contribution >= 4 is 57.9 Å². The number of amidine groups is 1. The molecule has 1 saturated heterocycles. The predicted octanol–water partition coefficient (Wildman–Crippen LogP) is 7.25. The summed E-state index contributed by atoms with van der Waals surface area (Å²) >= 11 is 7.56. The summed E-state index contributed by atoms with van der Waals surface area (Å²) in [5.74, 6) is -1.22. The van der Waals surface area contributed by atoms with Crippen molar-refractivity contribution in [3.05, 3.63) is 117 Å². The van der Waals surface area contributed by atoms with Crippen molar-refractivity contribution in [3.8, 4) is 5.69 Å². The number of halogens is 1. The Kier molecular flexibility index (Phi) is 6.74. The summed E-state index contributed by atoms with van der Waals surface area (Å²) in [7, 11) is 0. The highest BCUT2D eigenvalue weighted by Gasteiger charge is 2.35. The minimum atomic E-state index is -1.07. The Morgan fingerprint density at radius 3 is 2.27 bits per heavy atom. The van der Waals surface area contributed by atoms with E-state index in [0.717, 1.165) is 34.0 Å². The van der Waals surface area contributed by atoms with E-state index in [9.17, 15) is 14.7 Å². The van der Waals surface area contributed by atoms with Gasteiger partial charge in [0.25, 0.3) is 5.91 Å². The van der Waals surface area contributed by atoms with Gasteiger partial charge in [0, 0.05) is 17.1 Å². The number of aliphatic imine (C=N–C) groups is 1. The number of carboxylic acids is 1. The number of anilines is 1. The zero-order valence-electron chi connectivity index (χ0n) is 20.1. The molecule has 0 radical (unpaired) electrons. The number of aryl methyl sites for hydroxylation is 1. The third-order valence-electron chi connectivity index (χ3n) is 6.00. The number of carboxylic acid groups (broad SMARTS) is 1. The van der Waals surface area contributed by atoms with E-state index >= 15 is 0 Å². The Hall–Kier alpha value is -4.07. The zero-order valence-corrected chi connectivity index (χ0v) is 21.6. The lowest BCUT2D eigenvalue weighted by Gasteiger charge is -2.15. The molecule has 37 heavy (non-hydrogen) atoms. The van der Waals surface area contributed by atoms with Crippen LogP contribution >= 0.6 is 23.4 Å². The maximum Gasteiger partial charge on any atom is 0.337 e. The van der Waals surface area contributed by atoms with Gasteiger partial charge in [-0.3, -0.25) is 9.69 Å². The van der Waals surface area contributed by atoms with Crippen LogP contribution in [-0.4, -0.2) is 26.7 Å². The van der Waals surface area contributed by atoms with E-state index < -0.39 is 5.97 Å². The Balaban J connectivity index is 1.55. The molecule has 6 nitrogen and oxygen atoms in total. The molecule has 1 aliphatic heterocycles. The Morgan fingerprint density at radius 1 is 0.946 bits per heavy atom. The van der Waals surface area contributed by atoms with Crippen LogP contribution < -0.4 is 4.90 Å². The Labute approximate surface area is 223 Å².